The summed E-state index contributed by atoms with van der Waals surface area (Å²) in [5.41, 5.74) is 5.44. The first-order valence-electron chi connectivity index (χ1n) is 10.0. The van der Waals surface area contributed by atoms with Crippen molar-refractivity contribution in [3.8, 4) is 11.4 Å². The van der Waals surface area contributed by atoms with Crippen molar-refractivity contribution < 1.29 is 4.79 Å². The zero-order valence-corrected chi connectivity index (χ0v) is 17.3. The van der Waals surface area contributed by atoms with Gasteiger partial charge in [0.15, 0.2) is 0 Å². The predicted octanol–water partition coefficient (Wildman–Crippen LogP) is 4.28. The van der Waals surface area contributed by atoms with Crippen molar-refractivity contribution in [1.29, 1.82) is 0 Å². The Kier molecular flexibility index (Phi) is 4.63. The van der Waals surface area contributed by atoms with Gasteiger partial charge in [-0.1, -0.05) is 18.2 Å². The van der Waals surface area contributed by atoms with Crippen LogP contribution in [0.15, 0.2) is 72.9 Å². The summed E-state index contributed by atoms with van der Waals surface area (Å²) < 4.78 is 1.66. The molecule has 2 heterocycles. The molecule has 7 heteroatoms. The van der Waals surface area contributed by atoms with E-state index in [4.69, 9.17) is 4.98 Å². The Hall–Kier alpha value is -4.13. The van der Waals surface area contributed by atoms with E-state index in [1.807, 2.05) is 74.9 Å². The number of hydrogen-bond acceptors (Lipinski definition) is 4. The average molecular weight is 410 g/mol. The minimum absolute atomic E-state index is 0.137. The molecule has 0 aliphatic carbocycles. The first-order valence-corrected chi connectivity index (χ1v) is 10.0. The Balaban J connectivity index is 1.32. The van der Waals surface area contributed by atoms with Gasteiger partial charge in [-0.15, -0.1) is 0 Å². The van der Waals surface area contributed by atoms with Crippen molar-refractivity contribution in [2.75, 3.05) is 24.3 Å². The maximum Gasteiger partial charge on any atom is 0.246 e. The first-order chi connectivity index (χ1) is 15.0. The topological polar surface area (TPSA) is 78.8 Å². The van der Waals surface area contributed by atoms with Crippen LogP contribution in [0, 0.1) is 0 Å². The number of H-pyrrole nitrogens is 1. The molecular weight excluding hydrogens is 388 g/mol. The van der Waals surface area contributed by atoms with E-state index in [1.165, 1.54) is 0 Å². The van der Waals surface area contributed by atoms with Gasteiger partial charge in [0.2, 0.25) is 5.91 Å². The second kappa shape index (κ2) is 7.60. The number of rotatable bonds is 5. The van der Waals surface area contributed by atoms with Crippen LogP contribution in [0.5, 0.6) is 0 Å². The maximum atomic E-state index is 12.5. The normalized spacial score (nSPS) is 11.2. The number of hydrogen-bond donors (Lipinski definition) is 2. The lowest BCUT2D eigenvalue weighted by atomic mass is 10.2. The Morgan fingerprint density at radius 1 is 1.03 bits per heavy atom. The Bertz CT molecular complexity index is 1350. The summed E-state index contributed by atoms with van der Waals surface area (Å²) in [4.78, 5) is 22.6. The molecule has 0 atom stereocenters. The first kappa shape index (κ1) is 18.9. The van der Waals surface area contributed by atoms with E-state index >= 15 is 0 Å². The van der Waals surface area contributed by atoms with Crippen LogP contribution in [0.4, 0.5) is 11.4 Å². The summed E-state index contributed by atoms with van der Waals surface area (Å²) in [6, 6.07) is 21.7. The van der Waals surface area contributed by atoms with E-state index in [1.54, 1.807) is 4.68 Å². The lowest BCUT2D eigenvalue weighted by molar-refractivity contribution is -0.116. The van der Waals surface area contributed by atoms with Crippen molar-refractivity contribution in [2.24, 2.45) is 0 Å². The van der Waals surface area contributed by atoms with Gasteiger partial charge in [0.05, 0.1) is 16.6 Å². The number of fused-ring (bicyclic) bond motifs is 2. The molecule has 0 aliphatic heterocycles. The summed E-state index contributed by atoms with van der Waals surface area (Å²) in [7, 11) is 4.03. The number of aromatic nitrogens is 4. The molecule has 0 bridgehead atoms. The highest BCUT2D eigenvalue weighted by molar-refractivity contribution is 5.93. The Morgan fingerprint density at radius 3 is 2.61 bits per heavy atom. The van der Waals surface area contributed by atoms with Crippen molar-refractivity contribution in [3.63, 3.8) is 0 Å². The van der Waals surface area contributed by atoms with E-state index in [0.717, 1.165) is 39.0 Å². The fourth-order valence-electron chi connectivity index (χ4n) is 3.58. The lowest BCUT2D eigenvalue weighted by Gasteiger charge is -2.11. The van der Waals surface area contributed by atoms with Gasteiger partial charge in [0.1, 0.15) is 12.4 Å². The van der Waals surface area contributed by atoms with Crippen molar-refractivity contribution in [3.05, 3.63) is 72.9 Å². The monoisotopic (exact) mass is 410 g/mol. The molecule has 31 heavy (non-hydrogen) atoms. The van der Waals surface area contributed by atoms with Crippen molar-refractivity contribution in [2.45, 2.75) is 6.54 Å². The number of amides is 1. The third-order valence-electron chi connectivity index (χ3n) is 5.19. The zero-order valence-electron chi connectivity index (χ0n) is 17.3. The molecular formula is C24H22N6O. The third kappa shape index (κ3) is 3.85. The lowest BCUT2D eigenvalue weighted by Crippen LogP contribution is -2.18. The molecule has 0 fully saturated rings. The molecule has 5 rings (SSSR count). The highest BCUT2D eigenvalue weighted by atomic mass is 16.2. The van der Waals surface area contributed by atoms with Crippen molar-refractivity contribution in [1.82, 2.24) is 19.7 Å². The van der Waals surface area contributed by atoms with Gasteiger partial charge in [0.25, 0.3) is 0 Å². The number of benzene rings is 3. The van der Waals surface area contributed by atoms with Crippen LogP contribution >= 0.6 is 0 Å². The maximum absolute atomic E-state index is 12.5. The number of carbonyl (C=O) groups excluding carboxylic acids is 1. The summed E-state index contributed by atoms with van der Waals surface area (Å²) in [5.74, 6) is 0.661. The standard InChI is InChI=1S/C24H22N6O/c1-29(2)19-10-7-16(8-11-19)24-26-21-12-9-18(13-22(21)27-24)25-23(31)15-30-14-17-5-3-4-6-20(17)28-30/h3-14H,15H2,1-2H3,(H,25,31)(H,26,27). The summed E-state index contributed by atoms with van der Waals surface area (Å²) in [5, 5.41) is 8.38. The van der Waals surface area contributed by atoms with Gasteiger partial charge < -0.3 is 15.2 Å². The number of nitrogens with one attached hydrogen (secondary N) is 2. The summed E-state index contributed by atoms with van der Waals surface area (Å²) in [6.07, 6.45) is 1.87. The van der Waals surface area contributed by atoms with Gasteiger partial charge in [-0.05, 0) is 48.5 Å². The van der Waals surface area contributed by atoms with Crippen LogP contribution < -0.4 is 10.2 Å². The summed E-state index contributed by atoms with van der Waals surface area (Å²) >= 11 is 0. The molecule has 154 valence electrons. The van der Waals surface area contributed by atoms with E-state index < -0.39 is 0 Å². The molecule has 0 spiro atoms. The van der Waals surface area contributed by atoms with Crippen LogP contribution in [0.1, 0.15) is 0 Å². The minimum atomic E-state index is -0.137. The van der Waals surface area contributed by atoms with Crippen LogP contribution in [0.3, 0.4) is 0 Å². The molecule has 7 nitrogen and oxygen atoms in total. The summed E-state index contributed by atoms with van der Waals surface area (Å²) in [6.45, 7) is 0.150. The average Bonchev–Trinajstić information content (AvgIpc) is 3.36. The Morgan fingerprint density at radius 2 is 1.84 bits per heavy atom. The molecule has 0 unspecified atom stereocenters. The smallest absolute Gasteiger partial charge is 0.246 e. The van der Waals surface area contributed by atoms with E-state index in [9.17, 15) is 4.79 Å². The molecule has 2 N–H and O–H groups in total. The van der Waals surface area contributed by atoms with Gasteiger partial charge in [-0.3, -0.25) is 9.48 Å². The molecule has 0 aliphatic rings. The number of anilines is 2. The van der Waals surface area contributed by atoms with Gasteiger partial charge in [0, 0.05) is 42.6 Å². The number of aromatic amines is 1. The second-order valence-corrected chi connectivity index (χ2v) is 7.69. The highest BCUT2D eigenvalue weighted by Gasteiger charge is 2.10. The molecule has 0 saturated carbocycles. The number of carbonyl (C=O) groups is 1. The van der Waals surface area contributed by atoms with Gasteiger partial charge in [-0.2, -0.15) is 5.10 Å². The largest absolute Gasteiger partial charge is 0.378 e. The van der Waals surface area contributed by atoms with Crippen molar-refractivity contribution >= 4 is 39.2 Å². The fraction of sp³-hybridized carbons (Fsp3) is 0.125. The quantitative estimate of drug-likeness (QED) is 0.453. The predicted molar refractivity (Wildman–Crippen MR) is 124 cm³/mol. The molecule has 0 radical (unpaired) electrons. The van der Waals surface area contributed by atoms with Crippen LogP contribution in [0.2, 0.25) is 0 Å². The van der Waals surface area contributed by atoms with E-state index in [2.05, 4.69) is 32.4 Å². The number of nitrogens with zero attached hydrogens (tertiary/aromatic N) is 4. The molecule has 1 amide bonds. The molecule has 3 aromatic carbocycles. The van der Waals surface area contributed by atoms with Crippen LogP contribution in [-0.4, -0.2) is 39.8 Å². The fourth-order valence-corrected chi connectivity index (χ4v) is 3.58. The van der Waals surface area contributed by atoms with Gasteiger partial charge >= 0.3 is 0 Å². The minimum Gasteiger partial charge on any atom is -0.378 e. The van der Waals surface area contributed by atoms with E-state index in [-0.39, 0.29) is 12.5 Å². The third-order valence-corrected chi connectivity index (χ3v) is 5.19. The molecule has 5 aromatic rings. The molecule has 0 saturated heterocycles. The zero-order chi connectivity index (χ0) is 21.4. The second-order valence-electron chi connectivity index (χ2n) is 7.69. The Labute approximate surface area is 179 Å². The van der Waals surface area contributed by atoms with Crippen LogP contribution in [-0.2, 0) is 11.3 Å². The SMILES string of the molecule is CN(C)c1ccc(-c2nc3cc(NC(=O)Cn4cc5ccccc5n4)ccc3[nH]2)cc1. The van der Waals surface area contributed by atoms with E-state index in [0.29, 0.717) is 5.69 Å². The molecule has 2 aromatic heterocycles. The highest BCUT2D eigenvalue weighted by Crippen LogP contribution is 2.24. The van der Waals surface area contributed by atoms with Crippen LogP contribution in [0.25, 0.3) is 33.3 Å². The number of imidazole rings is 1. The van der Waals surface area contributed by atoms with Gasteiger partial charge in [-0.25, -0.2) is 4.98 Å².